The van der Waals surface area contributed by atoms with Gasteiger partial charge in [-0.05, 0) is 20.0 Å². The zero-order valence-electron chi connectivity index (χ0n) is 6.89. The monoisotopic (exact) mass is 130 g/mol. The van der Waals surface area contributed by atoms with Crippen molar-refractivity contribution in [3.05, 3.63) is 0 Å². The molecule has 0 bridgehead atoms. The molecule has 0 rings (SSSR count). The van der Waals surface area contributed by atoms with E-state index in [-0.39, 0.29) is 0 Å². The van der Waals surface area contributed by atoms with Crippen LogP contribution in [0.5, 0.6) is 0 Å². The summed E-state index contributed by atoms with van der Waals surface area (Å²) in [4.78, 5) is 2.12. The maximum Gasteiger partial charge on any atom is 0.0190 e. The molecule has 0 spiro atoms. The van der Waals surface area contributed by atoms with Gasteiger partial charge in [0.15, 0.2) is 0 Å². The lowest BCUT2D eigenvalue weighted by Crippen LogP contribution is -2.37. The third-order valence-corrected chi connectivity index (χ3v) is 1.43. The van der Waals surface area contributed by atoms with Crippen LogP contribution in [0.15, 0.2) is 0 Å². The maximum atomic E-state index is 5.78. The summed E-state index contributed by atoms with van der Waals surface area (Å²) in [5.74, 6) is 0.590. The number of nitrogens with two attached hydrogens (primary N) is 1. The fourth-order valence-electron chi connectivity index (χ4n) is 0.632. The van der Waals surface area contributed by atoms with Crippen LogP contribution in [0.4, 0.5) is 0 Å². The first-order valence-electron chi connectivity index (χ1n) is 3.44. The van der Waals surface area contributed by atoms with Crippen molar-refractivity contribution in [1.82, 2.24) is 4.90 Å². The molecule has 1 unspecified atom stereocenters. The highest BCUT2D eigenvalue weighted by Crippen LogP contribution is 1.97. The van der Waals surface area contributed by atoms with Gasteiger partial charge in [0, 0.05) is 12.6 Å². The minimum absolute atomic E-state index is 0.319. The molecular formula is C7H18N2. The summed E-state index contributed by atoms with van der Waals surface area (Å²) in [7, 11) is 4.09. The van der Waals surface area contributed by atoms with Gasteiger partial charge in [0.2, 0.25) is 0 Å². The third kappa shape index (κ3) is 4.43. The van der Waals surface area contributed by atoms with Crippen LogP contribution in [0.1, 0.15) is 13.8 Å². The Kier molecular flexibility index (Phi) is 3.82. The minimum atomic E-state index is 0.319. The highest BCUT2D eigenvalue weighted by Gasteiger charge is 2.06. The zero-order valence-corrected chi connectivity index (χ0v) is 6.89. The Balaban J connectivity index is 3.38. The number of hydrogen-bond acceptors (Lipinski definition) is 2. The van der Waals surface area contributed by atoms with Crippen molar-refractivity contribution < 1.29 is 0 Å². The van der Waals surface area contributed by atoms with E-state index in [0.29, 0.717) is 12.0 Å². The van der Waals surface area contributed by atoms with Gasteiger partial charge in [0.1, 0.15) is 0 Å². The van der Waals surface area contributed by atoms with Gasteiger partial charge in [-0.1, -0.05) is 13.8 Å². The second-order valence-corrected chi connectivity index (χ2v) is 3.17. The Morgan fingerprint density at radius 2 is 1.78 bits per heavy atom. The van der Waals surface area contributed by atoms with Gasteiger partial charge >= 0.3 is 0 Å². The average molecular weight is 130 g/mol. The predicted molar refractivity (Wildman–Crippen MR) is 41.4 cm³/mol. The number of likely N-dealkylation sites (N-methyl/N-ethyl adjacent to an activating group) is 1. The molecule has 56 valence electrons. The molecule has 0 amide bonds. The van der Waals surface area contributed by atoms with Gasteiger partial charge in [-0.3, -0.25) is 0 Å². The molecule has 0 saturated heterocycles. The molecule has 0 aliphatic carbocycles. The molecule has 0 saturated carbocycles. The van der Waals surface area contributed by atoms with Crippen molar-refractivity contribution in [3.8, 4) is 0 Å². The van der Waals surface area contributed by atoms with Crippen LogP contribution in [0.2, 0.25) is 0 Å². The molecule has 0 aromatic heterocycles. The van der Waals surface area contributed by atoms with E-state index in [4.69, 9.17) is 5.73 Å². The summed E-state index contributed by atoms with van der Waals surface area (Å²) in [5, 5.41) is 0. The van der Waals surface area contributed by atoms with Crippen molar-refractivity contribution in [2.75, 3.05) is 20.6 Å². The van der Waals surface area contributed by atoms with Crippen LogP contribution in [-0.2, 0) is 0 Å². The van der Waals surface area contributed by atoms with Crippen molar-refractivity contribution in [2.45, 2.75) is 19.9 Å². The van der Waals surface area contributed by atoms with Gasteiger partial charge in [-0.25, -0.2) is 0 Å². The van der Waals surface area contributed by atoms with E-state index in [1.54, 1.807) is 0 Å². The number of hydrogen-bond donors (Lipinski definition) is 1. The molecule has 0 aliphatic rings. The van der Waals surface area contributed by atoms with Gasteiger partial charge in [0.25, 0.3) is 0 Å². The van der Waals surface area contributed by atoms with Crippen molar-refractivity contribution in [1.29, 1.82) is 0 Å². The first kappa shape index (κ1) is 8.92. The van der Waals surface area contributed by atoms with Gasteiger partial charge in [-0.2, -0.15) is 0 Å². The molecule has 0 radical (unpaired) electrons. The van der Waals surface area contributed by atoms with Gasteiger partial charge in [0.05, 0.1) is 0 Å². The van der Waals surface area contributed by atoms with Crippen molar-refractivity contribution in [2.24, 2.45) is 11.7 Å². The van der Waals surface area contributed by atoms with Crippen LogP contribution in [-0.4, -0.2) is 31.6 Å². The molecule has 1 atom stereocenters. The zero-order chi connectivity index (χ0) is 7.44. The van der Waals surface area contributed by atoms with Gasteiger partial charge < -0.3 is 10.6 Å². The molecule has 0 aromatic rings. The largest absolute Gasteiger partial charge is 0.326 e. The molecule has 0 aromatic carbocycles. The molecule has 2 N–H and O–H groups in total. The lowest BCUT2D eigenvalue weighted by Gasteiger charge is -2.19. The Morgan fingerprint density at radius 3 is 1.89 bits per heavy atom. The smallest absolute Gasteiger partial charge is 0.0190 e. The van der Waals surface area contributed by atoms with E-state index in [0.717, 1.165) is 6.54 Å². The Morgan fingerprint density at radius 1 is 1.33 bits per heavy atom. The van der Waals surface area contributed by atoms with Crippen LogP contribution in [0.25, 0.3) is 0 Å². The van der Waals surface area contributed by atoms with Crippen molar-refractivity contribution >= 4 is 0 Å². The van der Waals surface area contributed by atoms with Crippen LogP contribution in [0, 0.1) is 5.92 Å². The summed E-state index contributed by atoms with van der Waals surface area (Å²) >= 11 is 0. The normalized spacial score (nSPS) is 15.0. The lowest BCUT2D eigenvalue weighted by atomic mass is 10.1. The first-order chi connectivity index (χ1) is 4.04. The van der Waals surface area contributed by atoms with E-state index >= 15 is 0 Å². The van der Waals surface area contributed by atoms with Gasteiger partial charge in [-0.15, -0.1) is 0 Å². The average Bonchev–Trinajstić information content (AvgIpc) is 1.63. The van der Waals surface area contributed by atoms with E-state index in [9.17, 15) is 0 Å². The van der Waals surface area contributed by atoms with Crippen LogP contribution >= 0.6 is 0 Å². The standard InChI is InChI=1S/C7H18N2/c1-6(2)7(8)5-9(3)4/h6-7H,5,8H2,1-4H3. The summed E-state index contributed by atoms with van der Waals surface area (Å²) in [6, 6.07) is 0.319. The maximum absolute atomic E-state index is 5.78. The summed E-state index contributed by atoms with van der Waals surface area (Å²) < 4.78 is 0. The molecule has 0 aliphatic heterocycles. The summed E-state index contributed by atoms with van der Waals surface area (Å²) in [6.07, 6.45) is 0. The molecule has 2 nitrogen and oxygen atoms in total. The molecule has 0 fully saturated rings. The summed E-state index contributed by atoms with van der Waals surface area (Å²) in [5.41, 5.74) is 5.78. The Labute approximate surface area is 58.0 Å². The van der Waals surface area contributed by atoms with E-state index in [1.165, 1.54) is 0 Å². The second-order valence-electron chi connectivity index (χ2n) is 3.17. The van der Waals surface area contributed by atoms with E-state index < -0.39 is 0 Å². The quantitative estimate of drug-likeness (QED) is 0.604. The molecule has 0 heterocycles. The number of nitrogens with zero attached hydrogens (tertiary/aromatic N) is 1. The molecule has 9 heavy (non-hydrogen) atoms. The number of rotatable bonds is 3. The molecular weight excluding hydrogens is 112 g/mol. The Bertz CT molecular complexity index is 69.3. The highest BCUT2D eigenvalue weighted by atomic mass is 15.1. The summed E-state index contributed by atoms with van der Waals surface area (Å²) in [6.45, 7) is 5.28. The lowest BCUT2D eigenvalue weighted by molar-refractivity contribution is 0.330. The predicted octanol–water partition coefficient (Wildman–Crippen LogP) is 0.531. The Hall–Kier alpha value is -0.0800. The highest BCUT2D eigenvalue weighted by molar-refractivity contribution is 4.66. The van der Waals surface area contributed by atoms with Crippen LogP contribution in [0.3, 0.4) is 0 Å². The molecule has 2 heteroatoms. The fraction of sp³-hybridized carbons (Fsp3) is 1.00. The van der Waals surface area contributed by atoms with E-state index in [1.807, 2.05) is 14.1 Å². The fourth-order valence-corrected chi connectivity index (χ4v) is 0.632. The topological polar surface area (TPSA) is 29.3 Å². The van der Waals surface area contributed by atoms with Crippen LogP contribution < -0.4 is 5.73 Å². The third-order valence-electron chi connectivity index (χ3n) is 1.43. The minimum Gasteiger partial charge on any atom is -0.326 e. The second kappa shape index (κ2) is 3.85. The van der Waals surface area contributed by atoms with Crippen molar-refractivity contribution in [3.63, 3.8) is 0 Å². The first-order valence-corrected chi connectivity index (χ1v) is 3.44. The van der Waals surface area contributed by atoms with E-state index in [2.05, 4.69) is 18.7 Å². The SMILES string of the molecule is CC(C)C(N)CN(C)C.